The summed E-state index contributed by atoms with van der Waals surface area (Å²) in [5.74, 6) is 0.607. The quantitative estimate of drug-likeness (QED) is 0.654. The number of ether oxygens (including phenoxy) is 2. The molecule has 0 aromatic carbocycles. The molecule has 0 aromatic heterocycles. The summed E-state index contributed by atoms with van der Waals surface area (Å²) in [5, 5.41) is 3.68. The molecule has 3 heteroatoms. The summed E-state index contributed by atoms with van der Waals surface area (Å²) in [4.78, 5) is 0. The molecule has 120 valence electrons. The van der Waals surface area contributed by atoms with Gasteiger partial charge in [-0.25, -0.2) is 0 Å². The molecule has 1 aliphatic rings. The molecule has 1 N–H and O–H groups in total. The van der Waals surface area contributed by atoms with Gasteiger partial charge in [-0.05, 0) is 31.7 Å². The van der Waals surface area contributed by atoms with Crippen LogP contribution in [0.3, 0.4) is 0 Å². The van der Waals surface area contributed by atoms with Crippen molar-refractivity contribution in [2.45, 2.75) is 77.9 Å². The maximum Gasteiger partial charge on any atom is 0.0729 e. The van der Waals surface area contributed by atoms with E-state index >= 15 is 0 Å². The van der Waals surface area contributed by atoms with E-state index in [0.29, 0.717) is 18.1 Å². The van der Waals surface area contributed by atoms with Gasteiger partial charge in [-0.15, -0.1) is 0 Å². The van der Waals surface area contributed by atoms with Gasteiger partial charge in [0, 0.05) is 12.6 Å². The molecule has 0 bridgehead atoms. The van der Waals surface area contributed by atoms with Crippen molar-refractivity contribution in [2.75, 3.05) is 26.4 Å². The SMILES string of the molecule is CCCNC1CCCCCCC1OCCOCC(C)C. The lowest BCUT2D eigenvalue weighted by Gasteiger charge is -2.30. The summed E-state index contributed by atoms with van der Waals surface area (Å²) in [6, 6.07) is 0.542. The molecule has 1 fully saturated rings. The van der Waals surface area contributed by atoms with Crippen LogP contribution in [0.1, 0.15) is 65.7 Å². The molecule has 0 heterocycles. The smallest absolute Gasteiger partial charge is 0.0729 e. The van der Waals surface area contributed by atoms with Crippen LogP contribution < -0.4 is 5.32 Å². The van der Waals surface area contributed by atoms with Crippen molar-refractivity contribution in [3.63, 3.8) is 0 Å². The van der Waals surface area contributed by atoms with E-state index in [1.165, 1.54) is 44.9 Å². The zero-order chi connectivity index (χ0) is 14.6. The van der Waals surface area contributed by atoms with E-state index in [2.05, 4.69) is 26.1 Å². The number of hydrogen-bond donors (Lipinski definition) is 1. The van der Waals surface area contributed by atoms with Crippen molar-refractivity contribution in [1.29, 1.82) is 0 Å². The van der Waals surface area contributed by atoms with E-state index in [9.17, 15) is 0 Å². The number of hydrogen-bond acceptors (Lipinski definition) is 3. The number of rotatable bonds is 9. The van der Waals surface area contributed by atoms with E-state index < -0.39 is 0 Å². The first-order chi connectivity index (χ1) is 9.74. The van der Waals surface area contributed by atoms with Gasteiger partial charge in [-0.2, -0.15) is 0 Å². The second kappa shape index (κ2) is 11.5. The molecule has 2 atom stereocenters. The van der Waals surface area contributed by atoms with E-state index in [-0.39, 0.29) is 0 Å². The Hall–Kier alpha value is -0.120. The molecule has 1 saturated carbocycles. The van der Waals surface area contributed by atoms with Crippen molar-refractivity contribution < 1.29 is 9.47 Å². The largest absolute Gasteiger partial charge is 0.379 e. The molecule has 0 spiro atoms. The third-order valence-electron chi connectivity index (χ3n) is 3.87. The first kappa shape index (κ1) is 17.9. The standard InChI is InChI=1S/C17H35NO2/c1-4-11-18-16-9-7-5-6-8-10-17(16)20-13-12-19-14-15(2)3/h15-18H,4-14H2,1-3H3. The number of nitrogens with one attached hydrogen (secondary N) is 1. The summed E-state index contributed by atoms with van der Waals surface area (Å²) in [5.41, 5.74) is 0. The zero-order valence-corrected chi connectivity index (χ0v) is 13.8. The van der Waals surface area contributed by atoms with Gasteiger partial charge in [-0.3, -0.25) is 0 Å². The predicted octanol–water partition coefficient (Wildman–Crippen LogP) is 3.77. The Bertz CT molecular complexity index is 219. The van der Waals surface area contributed by atoms with E-state index in [1.807, 2.05) is 0 Å². The van der Waals surface area contributed by atoms with Gasteiger partial charge in [0.25, 0.3) is 0 Å². The molecule has 0 amide bonds. The molecule has 0 aromatic rings. The van der Waals surface area contributed by atoms with Gasteiger partial charge in [0.2, 0.25) is 0 Å². The molecule has 1 rings (SSSR count). The first-order valence-electron chi connectivity index (χ1n) is 8.66. The Morgan fingerprint density at radius 2 is 1.80 bits per heavy atom. The normalized spacial score (nSPS) is 24.6. The molecule has 0 radical (unpaired) electrons. The summed E-state index contributed by atoms with van der Waals surface area (Å²) >= 11 is 0. The minimum Gasteiger partial charge on any atom is -0.379 e. The van der Waals surface area contributed by atoms with Gasteiger partial charge >= 0.3 is 0 Å². The zero-order valence-electron chi connectivity index (χ0n) is 13.8. The third kappa shape index (κ3) is 8.23. The average Bonchev–Trinajstić information content (AvgIpc) is 2.39. The molecule has 0 aliphatic heterocycles. The molecular weight excluding hydrogens is 250 g/mol. The van der Waals surface area contributed by atoms with Gasteiger partial charge < -0.3 is 14.8 Å². The third-order valence-corrected chi connectivity index (χ3v) is 3.87. The molecule has 2 unspecified atom stereocenters. The van der Waals surface area contributed by atoms with Crippen LogP contribution in [0.4, 0.5) is 0 Å². The topological polar surface area (TPSA) is 30.5 Å². The summed E-state index contributed by atoms with van der Waals surface area (Å²) in [6.07, 6.45) is 9.43. The van der Waals surface area contributed by atoms with Gasteiger partial charge in [0.05, 0.1) is 19.3 Å². The maximum absolute atomic E-state index is 6.12. The van der Waals surface area contributed by atoms with Crippen LogP contribution in [-0.2, 0) is 9.47 Å². The lowest BCUT2D eigenvalue weighted by molar-refractivity contribution is -0.0233. The summed E-state index contributed by atoms with van der Waals surface area (Å²) < 4.78 is 11.7. The van der Waals surface area contributed by atoms with Crippen molar-refractivity contribution in [3.05, 3.63) is 0 Å². The fourth-order valence-electron chi connectivity index (χ4n) is 2.79. The average molecular weight is 285 g/mol. The van der Waals surface area contributed by atoms with Crippen LogP contribution >= 0.6 is 0 Å². The molecule has 3 nitrogen and oxygen atoms in total. The predicted molar refractivity (Wildman–Crippen MR) is 85.2 cm³/mol. The molecular formula is C17H35NO2. The Kier molecular flexibility index (Phi) is 10.3. The lowest BCUT2D eigenvalue weighted by Crippen LogP contribution is -2.42. The van der Waals surface area contributed by atoms with Gasteiger partial charge in [0.1, 0.15) is 0 Å². The van der Waals surface area contributed by atoms with Crippen molar-refractivity contribution in [1.82, 2.24) is 5.32 Å². The monoisotopic (exact) mass is 285 g/mol. The van der Waals surface area contributed by atoms with Crippen LogP contribution in [0, 0.1) is 5.92 Å². The van der Waals surface area contributed by atoms with Crippen LogP contribution in [0.15, 0.2) is 0 Å². The second-order valence-electron chi connectivity index (χ2n) is 6.43. The highest BCUT2D eigenvalue weighted by atomic mass is 16.5. The Labute approximate surface area is 125 Å². The second-order valence-corrected chi connectivity index (χ2v) is 6.43. The highest BCUT2D eigenvalue weighted by Gasteiger charge is 2.22. The minimum atomic E-state index is 0.379. The maximum atomic E-state index is 6.12. The van der Waals surface area contributed by atoms with E-state index in [4.69, 9.17) is 9.47 Å². The van der Waals surface area contributed by atoms with E-state index in [1.54, 1.807) is 0 Å². The fourth-order valence-corrected chi connectivity index (χ4v) is 2.79. The Morgan fingerprint density at radius 1 is 1.05 bits per heavy atom. The molecule has 20 heavy (non-hydrogen) atoms. The Morgan fingerprint density at radius 3 is 2.50 bits per heavy atom. The van der Waals surface area contributed by atoms with Crippen LogP contribution in [-0.4, -0.2) is 38.5 Å². The molecule has 1 aliphatic carbocycles. The highest BCUT2D eigenvalue weighted by Crippen LogP contribution is 2.20. The highest BCUT2D eigenvalue weighted by molar-refractivity contribution is 4.79. The van der Waals surface area contributed by atoms with Gasteiger partial charge in [-0.1, -0.05) is 46.5 Å². The van der Waals surface area contributed by atoms with Crippen LogP contribution in [0.5, 0.6) is 0 Å². The summed E-state index contributed by atoms with van der Waals surface area (Å²) in [7, 11) is 0. The minimum absolute atomic E-state index is 0.379. The molecule has 0 saturated heterocycles. The van der Waals surface area contributed by atoms with E-state index in [0.717, 1.165) is 26.4 Å². The van der Waals surface area contributed by atoms with Crippen molar-refractivity contribution >= 4 is 0 Å². The van der Waals surface area contributed by atoms with Crippen LogP contribution in [0.25, 0.3) is 0 Å². The van der Waals surface area contributed by atoms with Crippen molar-refractivity contribution in [2.24, 2.45) is 5.92 Å². The fraction of sp³-hybridized carbons (Fsp3) is 1.00. The first-order valence-corrected chi connectivity index (χ1v) is 8.66. The van der Waals surface area contributed by atoms with Crippen LogP contribution in [0.2, 0.25) is 0 Å². The lowest BCUT2D eigenvalue weighted by atomic mass is 9.94. The Balaban J connectivity index is 2.27. The van der Waals surface area contributed by atoms with Crippen molar-refractivity contribution in [3.8, 4) is 0 Å². The van der Waals surface area contributed by atoms with Gasteiger partial charge in [0.15, 0.2) is 0 Å². The summed E-state index contributed by atoms with van der Waals surface area (Å²) in [6.45, 7) is 10.0.